The maximum Gasteiger partial charge on any atom is 0.255 e. The molecule has 0 aliphatic heterocycles. The Bertz CT molecular complexity index is 616. The molecule has 0 atom stereocenters. The van der Waals surface area contributed by atoms with E-state index in [9.17, 15) is 4.79 Å². The molecule has 0 saturated carbocycles. The average molecular weight is 189 g/mol. The Balaban J connectivity index is 2.73. The summed E-state index contributed by atoms with van der Waals surface area (Å²) in [6.45, 7) is -2.40. The maximum absolute atomic E-state index is 11.8. The Morgan fingerprint density at radius 1 is 1.21 bits per heavy atom. The first-order valence-corrected chi connectivity index (χ1v) is 4.20. The molecule has 0 unspecified atom stereocenters. The normalized spacial score (nSPS) is 15.1. The van der Waals surface area contributed by atoms with E-state index in [1.54, 1.807) is 30.3 Å². The number of aromatic nitrogens is 1. The maximum atomic E-state index is 11.8. The molecule has 0 aliphatic rings. The van der Waals surface area contributed by atoms with Gasteiger partial charge in [-0.15, -0.1) is 0 Å². The summed E-state index contributed by atoms with van der Waals surface area (Å²) in [5.74, 6) is 0. The predicted molar refractivity (Wildman–Crippen MR) is 56.8 cm³/mol. The fraction of sp³-hybridized carbons (Fsp3) is 0.0833. The molecule has 0 N–H and O–H groups in total. The first-order chi connectivity index (χ1) is 8.41. The molecule has 1 aromatic heterocycles. The number of hydrogen-bond acceptors (Lipinski definition) is 1. The molecule has 70 valence electrons. The molecule has 0 amide bonds. The van der Waals surface area contributed by atoms with Crippen LogP contribution in [0.25, 0.3) is 5.69 Å². The van der Waals surface area contributed by atoms with Crippen LogP contribution in [-0.2, 0) is 0 Å². The van der Waals surface area contributed by atoms with Gasteiger partial charge in [0.1, 0.15) is 0 Å². The van der Waals surface area contributed by atoms with Crippen LogP contribution >= 0.6 is 0 Å². The van der Waals surface area contributed by atoms with Crippen LogP contribution in [0.15, 0.2) is 53.4 Å². The lowest BCUT2D eigenvalue weighted by Gasteiger charge is -2.05. The van der Waals surface area contributed by atoms with Crippen molar-refractivity contribution in [3.63, 3.8) is 0 Å². The molecule has 14 heavy (non-hydrogen) atoms. The highest BCUT2D eigenvalue weighted by molar-refractivity contribution is 5.32. The zero-order chi connectivity index (χ0) is 13.3. The van der Waals surface area contributed by atoms with Crippen molar-refractivity contribution in [3.8, 4) is 5.69 Å². The van der Waals surface area contributed by atoms with Gasteiger partial charge in [0.05, 0.1) is 1.37 Å². The highest BCUT2D eigenvalue weighted by atomic mass is 16.1. The van der Waals surface area contributed by atoms with Crippen LogP contribution in [0, 0.1) is 6.85 Å². The van der Waals surface area contributed by atoms with Crippen molar-refractivity contribution >= 4 is 0 Å². The first kappa shape index (κ1) is 5.15. The number of pyridine rings is 1. The molecule has 1 aromatic carbocycles. The molecule has 2 rings (SSSR count). The highest BCUT2D eigenvalue weighted by Gasteiger charge is 1.97. The number of nitrogens with zero attached hydrogens (tertiary/aromatic N) is 1. The topological polar surface area (TPSA) is 22.0 Å². The van der Waals surface area contributed by atoms with E-state index in [1.165, 1.54) is 12.1 Å². The molecule has 2 aromatic rings. The van der Waals surface area contributed by atoms with Gasteiger partial charge in [0.15, 0.2) is 0 Å². The van der Waals surface area contributed by atoms with E-state index in [2.05, 4.69) is 0 Å². The van der Waals surface area contributed by atoms with Crippen molar-refractivity contribution < 1.29 is 5.48 Å². The number of aryl methyl sites for hydroxylation is 1. The van der Waals surface area contributed by atoms with E-state index in [0.29, 0.717) is 5.69 Å². The van der Waals surface area contributed by atoms with Gasteiger partial charge < -0.3 is 0 Å². The molecular formula is C12H11NO. The smallest absolute Gasteiger partial charge is 0.255 e. The quantitative estimate of drug-likeness (QED) is 0.673. The van der Waals surface area contributed by atoms with Crippen molar-refractivity contribution in [2.75, 3.05) is 0 Å². The Labute approximate surface area is 88.1 Å². The van der Waals surface area contributed by atoms with E-state index in [0.717, 1.165) is 4.57 Å². The minimum Gasteiger partial charge on any atom is -0.284 e. The number of rotatable bonds is 1. The molecule has 0 saturated heterocycles. The van der Waals surface area contributed by atoms with Gasteiger partial charge in [-0.25, -0.2) is 0 Å². The van der Waals surface area contributed by atoms with Crippen molar-refractivity contribution in [2.24, 2.45) is 0 Å². The van der Waals surface area contributed by atoms with E-state index in [4.69, 9.17) is 5.48 Å². The molecule has 0 aliphatic carbocycles. The Morgan fingerprint density at radius 3 is 2.71 bits per heavy atom. The Morgan fingerprint density at radius 2 is 2.00 bits per heavy atom. The second-order valence-corrected chi connectivity index (χ2v) is 2.87. The van der Waals surface area contributed by atoms with E-state index in [-0.39, 0.29) is 11.7 Å². The zero-order valence-corrected chi connectivity index (χ0v) is 7.40. The van der Waals surface area contributed by atoms with Gasteiger partial charge in [-0.2, -0.15) is 0 Å². The van der Waals surface area contributed by atoms with Gasteiger partial charge >= 0.3 is 0 Å². The Hall–Kier alpha value is -1.83. The molecule has 0 bridgehead atoms. The number of hydrogen-bond donors (Lipinski definition) is 0. The van der Waals surface area contributed by atoms with Crippen molar-refractivity contribution in [1.29, 1.82) is 0 Å². The number of para-hydroxylation sites is 1. The second kappa shape index (κ2) is 3.50. The van der Waals surface area contributed by atoms with Gasteiger partial charge in [-0.3, -0.25) is 9.36 Å². The fourth-order valence-electron chi connectivity index (χ4n) is 1.21. The SMILES string of the molecule is [2H]c1c(C([2H])([2H])[2H])ccc(=O)n1-c1ccccc1. The second-order valence-electron chi connectivity index (χ2n) is 2.87. The monoisotopic (exact) mass is 189 g/mol. The van der Waals surface area contributed by atoms with Gasteiger partial charge in [-0.1, -0.05) is 24.3 Å². The third kappa shape index (κ3) is 1.59. The molecule has 1 heterocycles. The van der Waals surface area contributed by atoms with Crippen LogP contribution in [0.2, 0.25) is 0 Å². The molecule has 0 radical (unpaired) electrons. The van der Waals surface area contributed by atoms with E-state index >= 15 is 0 Å². The summed E-state index contributed by atoms with van der Waals surface area (Å²) in [6.07, 6.45) is -0.297. The summed E-state index contributed by atoms with van der Waals surface area (Å²) in [6, 6.07) is 10.9. The first-order valence-electron chi connectivity index (χ1n) is 6.20. The Kier molecular flexibility index (Phi) is 1.29. The van der Waals surface area contributed by atoms with Gasteiger partial charge in [0.2, 0.25) is 0 Å². The molecule has 0 spiro atoms. The minimum absolute atomic E-state index is 0.133. The van der Waals surface area contributed by atoms with Crippen molar-refractivity contribution in [1.82, 2.24) is 4.57 Å². The van der Waals surface area contributed by atoms with E-state index < -0.39 is 12.4 Å². The van der Waals surface area contributed by atoms with Gasteiger partial charge in [0.25, 0.3) is 5.56 Å². The van der Waals surface area contributed by atoms with Crippen LogP contribution in [0.5, 0.6) is 0 Å². The molecule has 2 heteroatoms. The third-order valence-corrected chi connectivity index (χ3v) is 1.86. The van der Waals surface area contributed by atoms with Crippen molar-refractivity contribution in [3.05, 3.63) is 64.6 Å². The summed E-state index contributed by atoms with van der Waals surface area (Å²) in [4.78, 5) is 11.8. The fourth-order valence-corrected chi connectivity index (χ4v) is 1.21. The standard InChI is InChI=1S/C12H11NO/c1-10-7-8-12(14)13(9-10)11-5-3-2-4-6-11/h2-9H,1H3/i1D3,9D. The van der Waals surface area contributed by atoms with E-state index in [1.807, 2.05) is 0 Å². The zero-order valence-electron chi connectivity index (χ0n) is 11.4. The molecule has 0 fully saturated rings. The van der Waals surface area contributed by atoms with Crippen LogP contribution < -0.4 is 5.56 Å². The molecular weight excluding hydrogens is 174 g/mol. The summed E-state index contributed by atoms with van der Waals surface area (Å²) in [5.41, 5.74) is -0.0660. The summed E-state index contributed by atoms with van der Waals surface area (Å²) < 4.78 is 31.0. The lowest BCUT2D eigenvalue weighted by Crippen LogP contribution is -2.16. The summed E-state index contributed by atoms with van der Waals surface area (Å²) in [5, 5.41) is 0. The van der Waals surface area contributed by atoms with Crippen LogP contribution in [0.4, 0.5) is 0 Å². The lowest BCUT2D eigenvalue weighted by atomic mass is 10.3. The molecule has 2 nitrogen and oxygen atoms in total. The predicted octanol–water partition coefficient (Wildman–Crippen LogP) is 2.15. The third-order valence-electron chi connectivity index (χ3n) is 1.86. The van der Waals surface area contributed by atoms with Gasteiger partial charge in [0, 0.05) is 22.0 Å². The van der Waals surface area contributed by atoms with Crippen molar-refractivity contribution in [2.45, 2.75) is 6.85 Å². The summed E-state index contributed by atoms with van der Waals surface area (Å²) >= 11 is 0. The summed E-state index contributed by atoms with van der Waals surface area (Å²) in [7, 11) is 0. The number of benzene rings is 1. The van der Waals surface area contributed by atoms with Crippen LogP contribution in [0.3, 0.4) is 0 Å². The van der Waals surface area contributed by atoms with Gasteiger partial charge in [-0.05, 0) is 24.5 Å². The lowest BCUT2D eigenvalue weighted by molar-refractivity contribution is 0.976. The van der Waals surface area contributed by atoms with Crippen LogP contribution in [-0.4, -0.2) is 4.57 Å². The largest absolute Gasteiger partial charge is 0.284 e. The minimum atomic E-state index is -2.40. The van der Waals surface area contributed by atoms with Crippen LogP contribution in [0.1, 0.15) is 11.0 Å². The average Bonchev–Trinajstić information content (AvgIpc) is 2.28. The highest BCUT2D eigenvalue weighted by Crippen LogP contribution is 2.04.